The minimum Gasteiger partial charge on any atom is -0.438 e. The molecule has 1 heterocycles. The van der Waals surface area contributed by atoms with Gasteiger partial charge in [-0.1, -0.05) is 31.5 Å². The van der Waals surface area contributed by atoms with E-state index in [1.807, 2.05) is 19.1 Å². The number of aromatic nitrogens is 2. The molecular formula is C16H20ClN3O. The molecule has 0 fully saturated rings. The van der Waals surface area contributed by atoms with Gasteiger partial charge in [-0.05, 0) is 37.5 Å². The third-order valence-electron chi connectivity index (χ3n) is 3.16. The zero-order valence-electron chi connectivity index (χ0n) is 12.6. The quantitative estimate of drug-likeness (QED) is 0.846. The average molecular weight is 306 g/mol. The lowest BCUT2D eigenvalue weighted by Gasteiger charge is -2.14. The SMILES string of the molecule is CCCNc1ncnc(Oc2cc(Cl)ccc2C)c1CC. The molecule has 4 nitrogen and oxygen atoms in total. The molecule has 0 aliphatic heterocycles. The fourth-order valence-corrected chi connectivity index (χ4v) is 2.15. The summed E-state index contributed by atoms with van der Waals surface area (Å²) in [6, 6.07) is 5.58. The Morgan fingerprint density at radius 1 is 1.24 bits per heavy atom. The van der Waals surface area contributed by atoms with Crippen molar-refractivity contribution in [1.29, 1.82) is 0 Å². The molecule has 0 saturated carbocycles. The Kier molecular flexibility index (Phi) is 5.39. The smallest absolute Gasteiger partial charge is 0.227 e. The molecule has 5 heteroatoms. The molecule has 2 rings (SSSR count). The molecule has 2 aromatic rings. The van der Waals surface area contributed by atoms with Crippen molar-refractivity contribution in [2.45, 2.75) is 33.6 Å². The molecule has 21 heavy (non-hydrogen) atoms. The van der Waals surface area contributed by atoms with Crippen LogP contribution in [-0.4, -0.2) is 16.5 Å². The Morgan fingerprint density at radius 3 is 2.76 bits per heavy atom. The molecule has 0 saturated heterocycles. The van der Waals surface area contributed by atoms with E-state index in [0.29, 0.717) is 10.9 Å². The number of benzene rings is 1. The number of aryl methyl sites for hydroxylation is 1. The first-order valence-corrected chi connectivity index (χ1v) is 7.55. The summed E-state index contributed by atoms with van der Waals surface area (Å²) >= 11 is 6.03. The molecule has 1 N–H and O–H groups in total. The maximum absolute atomic E-state index is 6.03. The Hall–Kier alpha value is -1.81. The molecule has 0 spiro atoms. The Balaban J connectivity index is 2.33. The van der Waals surface area contributed by atoms with Crippen molar-refractivity contribution in [3.05, 3.63) is 40.7 Å². The number of halogens is 1. The highest BCUT2D eigenvalue weighted by Crippen LogP contribution is 2.31. The molecule has 0 aliphatic rings. The van der Waals surface area contributed by atoms with Crippen molar-refractivity contribution in [1.82, 2.24) is 9.97 Å². The summed E-state index contributed by atoms with van der Waals surface area (Å²) in [5.41, 5.74) is 1.99. The number of hydrogen-bond acceptors (Lipinski definition) is 4. The fraction of sp³-hybridized carbons (Fsp3) is 0.375. The molecule has 0 aliphatic carbocycles. The third-order valence-corrected chi connectivity index (χ3v) is 3.39. The molecular weight excluding hydrogens is 286 g/mol. The van der Waals surface area contributed by atoms with Crippen molar-refractivity contribution in [3.63, 3.8) is 0 Å². The standard InChI is InChI=1S/C16H20ClN3O/c1-4-8-18-15-13(5-2)16(20-10-19-15)21-14-9-12(17)7-6-11(14)3/h6-7,9-10H,4-5,8H2,1-3H3,(H,18,19,20). The highest BCUT2D eigenvalue weighted by Gasteiger charge is 2.12. The number of rotatable bonds is 6. The minimum absolute atomic E-state index is 0.580. The van der Waals surface area contributed by atoms with Crippen LogP contribution in [0.3, 0.4) is 0 Å². The van der Waals surface area contributed by atoms with E-state index in [0.717, 1.165) is 42.1 Å². The van der Waals surface area contributed by atoms with Gasteiger partial charge in [0.05, 0.1) is 5.56 Å². The predicted molar refractivity (Wildman–Crippen MR) is 86.5 cm³/mol. The third kappa shape index (κ3) is 3.85. The van der Waals surface area contributed by atoms with E-state index in [1.54, 1.807) is 6.07 Å². The number of nitrogens with one attached hydrogen (secondary N) is 1. The van der Waals surface area contributed by atoms with E-state index in [-0.39, 0.29) is 0 Å². The minimum atomic E-state index is 0.580. The van der Waals surface area contributed by atoms with E-state index in [4.69, 9.17) is 16.3 Å². The Labute approximate surface area is 130 Å². The Bertz CT molecular complexity index is 616. The van der Waals surface area contributed by atoms with Gasteiger partial charge in [0.15, 0.2) is 0 Å². The highest BCUT2D eigenvalue weighted by molar-refractivity contribution is 6.30. The van der Waals surface area contributed by atoms with Crippen LogP contribution in [0.1, 0.15) is 31.4 Å². The summed E-state index contributed by atoms with van der Waals surface area (Å²) in [6.07, 6.45) is 3.35. The van der Waals surface area contributed by atoms with E-state index in [9.17, 15) is 0 Å². The van der Waals surface area contributed by atoms with Crippen LogP contribution in [0.15, 0.2) is 24.5 Å². The molecule has 0 atom stereocenters. The van der Waals surface area contributed by atoms with Crippen LogP contribution in [0.4, 0.5) is 5.82 Å². The van der Waals surface area contributed by atoms with Crippen LogP contribution < -0.4 is 10.1 Å². The van der Waals surface area contributed by atoms with Crippen molar-refractivity contribution >= 4 is 17.4 Å². The first-order valence-electron chi connectivity index (χ1n) is 7.17. The van der Waals surface area contributed by atoms with Gasteiger partial charge < -0.3 is 10.1 Å². The lowest BCUT2D eigenvalue weighted by atomic mass is 10.2. The number of hydrogen-bond donors (Lipinski definition) is 1. The Morgan fingerprint density at radius 2 is 2.05 bits per heavy atom. The van der Waals surface area contributed by atoms with Crippen molar-refractivity contribution in [2.75, 3.05) is 11.9 Å². The highest BCUT2D eigenvalue weighted by atomic mass is 35.5. The van der Waals surface area contributed by atoms with E-state index < -0.39 is 0 Å². The van der Waals surface area contributed by atoms with Crippen LogP contribution in [0, 0.1) is 6.92 Å². The predicted octanol–water partition coefficient (Wildman–Crippen LogP) is 4.62. The summed E-state index contributed by atoms with van der Waals surface area (Å²) in [6.45, 7) is 7.04. The molecule has 0 bridgehead atoms. The summed E-state index contributed by atoms with van der Waals surface area (Å²) in [5, 5.41) is 3.95. The van der Waals surface area contributed by atoms with Gasteiger partial charge >= 0.3 is 0 Å². The summed E-state index contributed by atoms with van der Waals surface area (Å²) < 4.78 is 5.96. The maximum atomic E-state index is 6.03. The van der Waals surface area contributed by atoms with Gasteiger partial charge in [0.25, 0.3) is 0 Å². The molecule has 1 aromatic carbocycles. The second kappa shape index (κ2) is 7.27. The van der Waals surface area contributed by atoms with Crippen molar-refractivity contribution < 1.29 is 4.74 Å². The first-order chi connectivity index (χ1) is 10.2. The zero-order valence-corrected chi connectivity index (χ0v) is 13.4. The van der Waals surface area contributed by atoms with Gasteiger partial charge in [-0.25, -0.2) is 9.97 Å². The number of nitrogens with zero attached hydrogens (tertiary/aromatic N) is 2. The first kappa shape index (κ1) is 15.6. The van der Waals surface area contributed by atoms with Crippen LogP contribution in [0.5, 0.6) is 11.6 Å². The van der Waals surface area contributed by atoms with Crippen LogP contribution >= 0.6 is 11.6 Å². The van der Waals surface area contributed by atoms with Gasteiger partial charge in [-0.15, -0.1) is 0 Å². The van der Waals surface area contributed by atoms with Crippen molar-refractivity contribution in [2.24, 2.45) is 0 Å². The van der Waals surface area contributed by atoms with E-state index in [1.165, 1.54) is 6.33 Å². The molecule has 0 amide bonds. The molecule has 0 radical (unpaired) electrons. The fourth-order valence-electron chi connectivity index (χ4n) is 1.99. The molecule has 0 unspecified atom stereocenters. The zero-order chi connectivity index (χ0) is 15.2. The van der Waals surface area contributed by atoms with Crippen LogP contribution in [0.2, 0.25) is 5.02 Å². The van der Waals surface area contributed by atoms with Gasteiger partial charge in [-0.2, -0.15) is 0 Å². The van der Waals surface area contributed by atoms with Crippen LogP contribution in [0.25, 0.3) is 0 Å². The summed E-state index contributed by atoms with van der Waals surface area (Å²) in [4.78, 5) is 8.57. The molecule has 112 valence electrons. The maximum Gasteiger partial charge on any atom is 0.227 e. The monoisotopic (exact) mass is 305 g/mol. The van der Waals surface area contributed by atoms with Crippen LogP contribution in [-0.2, 0) is 6.42 Å². The largest absolute Gasteiger partial charge is 0.438 e. The van der Waals surface area contributed by atoms with E-state index >= 15 is 0 Å². The normalized spacial score (nSPS) is 10.5. The lowest BCUT2D eigenvalue weighted by Crippen LogP contribution is -2.07. The molecule has 1 aromatic heterocycles. The topological polar surface area (TPSA) is 47.0 Å². The van der Waals surface area contributed by atoms with Gasteiger partial charge in [0, 0.05) is 11.6 Å². The van der Waals surface area contributed by atoms with Gasteiger partial charge in [-0.3, -0.25) is 0 Å². The second-order valence-corrected chi connectivity index (χ2v) is 5.23. The summed E-state index contributed by atoms with van der Waals surface area (Å²) in [7, 11) is 0. The lowest BCUT2D eigenvalue weighted by molar-refractivity contribution is 0.452. The van der Waals surface area contributed by atoms with E-state index in [2.05, 4.69) is 29.1 Å². The number of anilines is 1. The van der Waals surface area contributed by atoms with Gasteiger partial charge in [0.1, 0.15) is 17.9 Å². The van der Waals surface area contributed by atoms with Crippen molar-refractivity contribution in [3.8, 4) is 11.6 Å². The second-order valence-electron chi connectivity index (χ2n) is 4.80. The van der Waals surface area contributed by atoms with Gasteiger partial charge in [0.2, 0.25) is 5.88 Å². The summed E-state index contributed by atoms with van der Waals surface area (Å²) in [5.74, 6) is 2.14. The number of ether oxygens (including phenoxy) is 1. The average Bonchev–Trinajstić information content (AvgIpc) is 2.49.